The van der Waals surface area contributed by atoms with Crippen molar-refractivity contribution in [3.63, 3.8) is 0 Å². The minimum absolute atomic E-state index is 0.363. The van der Waals surface area contributed by atoms with Gasteiger partial charge in [-0.25, -0.2) is 0 Å². The van der Waals surface area contributed by atoms with Crippen molar-refractivity contribution in [3.05, 3.63) is 0 Å². The Labute approximate surface area is 143 Å². The fraction of sp³-hybridized carbons (Fsp3) is 0.952. The first-order valence-electron chi connectivity index (χ1n) is 10.4. The minimum atomic E-state index is -0.630. The fourth-order valence-corrected chi connectivity index (χ4v) is 5.12. The summed E-state index contributed by atoms with van der Waals surface area (Å²) < 4.78 is 0. The SMILES string of the molecule is CCCCC[C@H]1CC[C@H]([C@H]2CC[C@H](CCCC(=O)O)CC2)CC1. The first-order valence-corrected chi connectivity index (χ1v) is 10.4. The summed E-state index contributed by atoms with van der Waals surface area (Å²) in [5.41, 5.74) is 0. The number of carboxylic acid groups (broad SMARTS) is 1. The summed E-state index contributed by atoms with van der Waals surface area (Å²) in [6.45, 7) is 2.30. The lowest BCUT2D eigenvalue weighted by Crippen LogP contribution is -2.26. The van der Waals surface area contributed by atoms with Gasteiger partial charge in [-0.1, -0.05) is 58.3 Å². The van der Waals surface area contributed by atoms with Crippen LogP contribution in [0.4, 0.5) is 0 Å². The Morgan fingerprint density at radius 2 is 1.26 bits per heavy atom. The Morgan fingerprint density at radius 3 is 1.70 bits per heavy atom. The van der Waals surface area contributed by atoms with E-state index in [1.54, 1.807) is 0 Å². The lowest BCUT2D eigenvalue weighted by molar-refractivity contribution is -0.137. The van der Waals surface area contributed by atoms with Gasteiger partial charge in [0.2, 0.25) is 0 Å². The van der Waals surface area contributed by atoms with Gasteiger partial charge in [-0.3, -0.25) is 4.79 Å². The molecule has 2 aliphatic carbocycles. The third-order valence-corrected chi connectivity index (χ3v) is 6.67. The summed E-state index contributed by atoms with van der Waals surface area (Å²) in [4.78, 5) is 10.6. The van der Waals surface area contributed by atoms with E-state index in [0.29, 0.717) is 6.42 Å². The standard InChI is InChI=1S/C21H38O2/c1-2-3-4-6-17-9-13-19(14-10-17)20-15-11-18(12-16-20)7-5-8-21(22)23/h17-20H,2-16H2,1H3,(H,22,23)/t17-,18-,19-,20-. The molecule has 2 aliphatic rings. The highest BCUT2D eigenvalue weighted by atomic mass is 16.4. The van der Waals surface area contributed by atoms with E-state index in [1.165, 1.54) is 77.0 Å². The molecule has 0 radical (unpaired) electrons. The summed E-state index contributed by atoms with van der Waals surface area (Å²) in [5.74, 6) is 3.22. The molecule has 2 nitrogen and oxygen atoms in total. The van der Waals surface area contributed by atoms with Crippen molar-refractivity contribution in [1.82, 2.24) is 0 Å². The topological polar surface area (TPSA) is 37.3 Å². The number of rotatable bonds is 9. The highest BCUT2D eigenvalue weighted by molar-refractivity contribution is 5.66. The minimum Gasteiger partial charge on any atom is -0.481 e. The van der Waals surface area contributed by atoms with E-state index in [9.17, 15) is 4.79 Å². The van der Waals surface area contributed by atoms with E-state index in [1.807, 2.05) is 0 Å². The first-order chi connectivity index (χ1) is 11.2. The lowest BCUT2D eigenvalue weighted by atomic mass is 9.68. The van der Waals surface area contributed by atoms with E-state index in [4.69, 9.17) is 5.11 Å². The number of hydrogen-bond acceptors (Lipinski definition) is 1. The summed E-state index contributed by atoms with van der Waals surface area (Å²) in [6.07, 6.45) is 19.6. The third-order valence-electron chi connectivity index (χ3n) is 6.67. The molecule has 0 aromatic rings. The van der Waals surface area contributed by atoms with Crippen LogP contribution in [0.2, 0.25) is 0 Å². The van der Waals surface area contributed by atoms with Crippen LogP contribution in [0.3, 0.4) is 0 Å². The molecule has 134 valence electrons. The number of unbranched alkanes of at least 4 members (excludes halogenated alkanes) is 2. The van der Waals surface area contributed by atoms with E-state index >= 15 is 0 Å². The summed E-state index contributed by atoms with van der Waals surface area (Å²) in [6, 6.07) is 0. The number of carboxylic acids is 1. The average Bonchev–Trinajstić information content (AvgIpc) is 2.56. The molecule has 0 heterocycles. The monoisotopic (exact) mass is 322 g/mol. The van der Waals surface area contributed by atoms with Crippen molar-refractivity contribution in [1.29, 1.82) is 0 Å². The van der Waals surface area contributed by atoms with Gasteiger partial charge in [0.05, 0.1) is 0 Å². The Bertz CT molecular complexity index is 323. The maximum Gasteiger partial charge on any atom is 0.303 e. The molecular formula is C21H38O2. The van der Waals surface area contributed by atoms with E-state index < -0.39 is 5.97 Å². The Morgan fingerprint density at radius 1 is 0.783 bits per heavy atom. The molecule has 0 aromatic carbocycles. The molecule has 0 saturated heterocycles. The van der Waals surface area contributed by atoms with Gasteiger partial charge >= 0.3 is 5.97 Å². The number of carbonyl (C=O) groups is 1. The molecule has 0 aromatic heterocycles. The molecule has 23 heavy (non-hydrogen) atoms. The van der Waals surface area contributed by atoms with E-state index in [-0.39, 0.29) is 0 Å². The smallest absolute Gasteiger partial charge is 0.303 e. The largest absolute Gasteiger partial charge is 0.481 e. The summed E-state index contributed by atoms with van der Waals surface area (Å²) in [7, 11) is 0. The van der Waals surface area contributed by atoms with Gasteiger partial charge in [0.1, 0.15) is 0 Å². The molecule has 2 fully saturated rings. The Balaban J connectivity index is 1.58. The maximum absolute atomic E-state index is 10.6. The van der Waals surface area contributed by atoms with Crippen LogP contribution in [0.1, 0.15) is 103 Å². The molecule has 2 saturated carbocycles. The Kier molecular flexibility index (Phi) is 8.47. The second kappa shape index (κ2) is 10.4. The molecule has 2 heteroatoms. The van der Waals surface area contributed by atoms with Crippen molar-refractivity contribution in [2.24, 2.45) is 23.7 Å². The Hall–Kier alpha value is -0.530. The normalized spacial score (nSPS) is 31.9. The third kappa shape index (κ3) is 6.85. The van der Waals surface area contributed by atoms with Crippen molar-refractivity contribution < 1.29 is 9.90 Å². The van der Waals surface area contributed by atoms with Crippen molar-refractivity contribution in [3.8, 4) is 0 Å². The number of aliphatic carboxylic acids is 1. The zero-order chi connectivity index (χ0) is 16.5. The predicted octanol–water partition coefficient (Wildman–Crippen LogP) is 6.43. The van der Waals surface area contributed by atoms with Gasteiger partial charge in [0.25, 0.3) is 0 Å². The average molecular weight is 323 g/mol. The first kappa shape index (κ1) is 18.8. The van der Waals surface area contributed by atoms with Gasteiger partial charge in [0.15, 0.2) is 0 Å². The molecule has 0 spiro atoms. The van der Waals surface area contributed by atoms with Crippen LogP contribution >= 0.6 is 0 Å². The highest BCUT2D eigenvalue weighted by Gasteiger charge is 2.30. The molecule has 0 amide bonds. The van der Waals surface area contributed by atoms with Crippen molar-refractivity contribution >= 4 is 5.97 Å². The second-order valence-electron chi connectivity index (χ2n) is 8.34. The van der Waals surface area contributed by atoms with E-state index in [0.717, 1.165) is 36.5 Å². The van der Waals surface area contributed by atoms with Crippen LogP contribution in [-0.4, -0.2) is 11.1 Å². The summed E-state index contributed by atoms with van der Waals surface area (Å²) >= 11 is 0. The van der Waals surface area contributed by atoms with Gasteiger partial charge in [-0.05, 0) is 62.2 Å². The fourth-order valence-electron chi connectivity index (χ4n) is 5.12. The van der Waals surface area contributed by atoms with Gasteiger partial charge in [0, 0.05) is 6.42 Å². The van der Waals surface area contributed by atoms with Gasteiger partial charge in [-0.2, -0.15) is 0 Å². The molecule has 1 N–H and O–H groups in total. The predicted molar refractivity (Wildman–Crippen MR) is 96.5 cm³/mol. The van der Waals surface area contributed by atoms with Gasteiger partial charge < -0.3 is 5.11 Å². The van der Waals surface area contributed by atoms with Crippen LogP contribution in [0.15, 0.2) is 0 Å². The lowest BCUT2D eigenvalue weighted by Gasteiger charge is -2.38. The van der Waals surface area contributed by atoms with Crippen LogP contribution in [0, 0.1) is 23.7 Å². The zero-order valence-corrected chi connectivity index (χ0v) is 15.3. The number of hydrogen-bond donors (Lipinski definition) is 1. The zero-order valence-electron chi connectivity index (χ0n) is 15.3. The van der Waals surface area contributed by atoms with Crippen LogP contribution in [0.25, 0.3) is 0 Å². The van der Waals surface area contributed by atoms with Crippen LogP contribution in [-0.2, 0) is 4.79 Å². The molecular weight excluding hydrogens is 284 g/mol. The van der Waals surface area contributed by atoms with Crippen LogP contribution < -0.4 is 0 Å². The molecule has 0 aliphatic heterocycles. The summed E-state index contributed by atoms with van der Waals surface area (Å²) in [5, 5.41) is 8.74. The van der Waals surface area contributed by atoms with Crippen molar-refractivity contribution in [2.45, 2.75) is 103 Å². The van der Waals surface area contributed by atoms with Crippen molar-refractivity contribution in [2.75, 3.05) is 0 Å². The molecule has 0 atom stereocenters. The van der Waals surface area contributed by atoms with E-state index in [2.05, 4.69) is 6.92 Å². The van der Waals surface area contributed by atoms with Gasteiger partial charge in [-0.15, -0.1) is 0 Å². The molecule has 2 rings (SSSR count). The second-order valence-corrected chi connectivity index (χ2v) is 8.34. The quantitative estimate of drug-likeness (QED) is 0.496. The molecule has 0 unspecified atom stereocenters. The maximum atomic E-state index is 10.6. The molecule has 0 bridgehead atoms. The van der Waals surface area contributed by atoms with Crippen LogP contribution in [0.5, 0.6) is 0 Å². The highest BCUT2D eigenvalue weighted by Crippen LogP contribution is 2.43.